The molecule has 2 amide bonds. The summed E-state index contributed by atoms with van der Waals surface area (Å²) in [5, 5.41) is 0.720. The van der Waals surface area contributed by atoms with Gasteiger partial charge >= 0.3 is 6.09 Å². The summed E-state index contributed by atoms with van der Waals surface area (Å²) in [7, 11) is 0. The first-order valence-electron chi connectivity index (χ1n) is 10.6. The number of benzene rings is 1. The van der Waals surface area contributed by atoms with Gasteiger partial charge in [0.25, 0.3) is 5.91 Å². The summed E-state index contributed by atoms with van der Waals surface area (Å²) in [6, 6.07) is 5.14. The minimum Gasteiger partial charge on any atom is -0.490 e. The molecule has 0 spiro atoms. The number of likely N-dealkylation sites (tertiary alicyclic amines) is 1. The van der Waals surface area contributed by atoms with Gasteiger partial charge < -0.3 is 24.8 Å². The molecule has 2 N–H and O–H groups in total. The number of hydrogen-bond donors (Lipinski definition) is 1. The molecule has 31 heavy (non-hydrogen) atoms. The molecule has 1 aromatic carbocycles. The zero-order valence-corrected chi connectivity index (χ0v) is 18.8. The summed E-state index contributed by atoms with van der Waals surface area (Å²) < 4.78 is 17.6. The Kier molecular flexibility index (Phi) is 6.57. The summed E-state index contributed by atoms with van der Waals surface area (Å²) in [4.78, 5) is 30.4. The molecule has 3 rings (SSSR count). The molecule has 0 bridgehead atoms. The second-order valence-corrected chi connectivity index (χ2v) is 9.01. The molecule has 1 saturated heterocycles. The van der Waals surface area contributed by atoms with Crippen molar-refractivity contribution in [1.29, 1.82) is 0 Å². The van der Waals surface area contributed by atoms with Gasteiger partial charge in [0.05, 0.1) is 23.7 Å². The number of fused-ring (bicyclic) bond motifs is 1. The van der Waals surface area contributed by atoms with Crippen molar-refractivity contribution < 1.29 is 23.8 Å². The minimum absolute atomic E-state index is 0.127. The zero-order valence-electron chi connectivity index (χ0n) is 18.8. The number of rotatable bonds is 5. The Hall–Kier alpha value is -3.03. The van der Waals surface area contributed by atoms with Crippen LogP contribution in [0.25, 0.3) is 10.9 Å². The van der Waals surface area contributed by atoms with Gasteiger partial charge in [-0.1, -0.05) is 0 Å². The van der Waals surface area contributed by atoms with Crippen LogP contribution in [0.4, 0.5) is 4.79 Å². The number of amides is 2. The Morgan fingerprint density at radius 1 is 1.23 bits per heavy atom. The highest BCUT2D eigenvalue weighted by Crippen LogP contribution is 2.33. The van der Waals surface area contributed by atoms with Crippen LogP contribution in [-0.4, -0.2) is 52.8 Å². The van der Waals surface area contributed by atoms with Crippen LogP contribution in [0.15, 0.2) is 24.4 Å². The van der Waals surface area contributed by atoms with E-state index in [1.165, 1.54) is 0 Å². The lowest BCUT2D eigenvalue weighted by atomic mass is 10.1. The maximum absolute atomic E-state index is 12.5. The Bertz CT molecular complexity index is 968. The highest BCUT2D eigenvalue weighted by Gasteiger charge is 2.29. The molecule has 1 aliphatic rings. The fourth-order valence-corrected chi connectivity index (χ4v) is 3.50. The number of hydrogen-bond acceptors (Lipinski definition) is 6. The van der Waals surface area contributed by atoms with E-state index in [1.54, 1.807) is 29.3 Å². The van der Waals surface area contributed by atoms with Crippen molar-refractivity contribution in [2.45, 2.75) is 65.3 Å². The molecule has 0 saturated carbocycles. The number of nitrogens with two attached hydrogens (primary N) is 1. The van der Waals surface area contributed by atoms with E-state index in [0.29, 0.717) is 30.1 Å². The van der Waals surface area contributed by atoms with Crippen LogP contribution in [0.1, 0.15) is 57.8 Å². The Balaban J connectivity index is 1.85. The van der Waals surface area contributed by atoms with Gasteiger partial charge in [-0.15, -0.1) is 0 Å². The van der Waals surface area contributed by atoms with Crippen molar-refractivity contribution in [1.82, 2.24) is 9.88 Å². The van der Waals surface area contributed by atoms with E-state index >= 15 is 0 Å². The maximum Gasteiger partial charge on any atom is 0.410 e. The van der Waals surface area contributed by atoms with E-state index in [-0.39, 0.29) is 23.9 Å². The minimum atomic E-state index is -0.578. The number of nitrogens with zero attached hydrogens (tertiary/aromatic N) is 2. The molecule has 1 fully saturated rings. The van der Waals surface area contributed by atoms with Crippen LogP contribution in [0.3, 0.4) is 0 Å². The average molecular weight is 430 g/mol. The van der Waals surface area contributed by atoms with Crippen LogP contribution < -0.4 is 15.2 Å². The molecule has 1 unspecified atom stereocenters. The molecule has 1 aliphatic heterocycles. The molecule has 1 aromatic heterocycles. The van der Waals surface area contributed by atoms with E-state index in [0.717, 1.165) is 18.2 Å². The second kappa shape index (κ2) is 8.99. The predicted molar refractivity (Wildman–Crippen MR) is 117 cm³/mol. The molecule has 8 nitrogen and oxygen atoms in total. The predicted octanol–water partition coefficient (Wildman–Crippen LogP) is 3.90. The van der Waals surface area contributed by atoms with Crippen molar-refractivity contribution in [3.8, 4) is 11.5 Å². The van der Waals surface area contributed by atoms with Crippen molar-refractivity contribution in [3.05, 3.63) is 30.0 Å². The van der Waals surface area contributed by atoms with Crippen LogP contribution in [-0.2, 0) is 4.74 Å². The van der Waals surface area contributed by atoms with Crippen LogP contribution in [0.5, 0.6) is 11.5 Å². The molecule has 8 heteroatoms. The number of primary amides is 1. The molecular formula is C23H31N3O5. The van der Waals surface area contributed by atoms with E-state index in [9.17, 15) is 9.59 Å². The Labute approximate surface area is 182 Å². The summed E-state index contributed by atoms with van der Waals surface area (Å²) in [6.45, 7) is 10.4. The fourth-order valence-electron chi connectivity index (χ4n) is 3.50. The lowest BCUT2D eigenvalue weighted by molar-refractivity contribution is 0.00793. The van der Waals surface area contributed by atoms with E-state index in [1.807, 2.05) is 34.6 Å². The number of carbonyl (C=O) groups excluding carboxylic acids is 2. The molecule has 2 aromatic rings. The van der Waals surface area contributed by atoms with Gasteiger partial charge in [0.1, 0.15) is 23.2 Å². The summed E-state index contributed by atoms with van der Waals surface area (Å²) in [6.07, 6.45) is 2.62. The van der Waals surface area contributed by atoms with Gasteiger partial charge in [0, 0.05) is 18.1 Å². The number of pyridine rings is 1. The Morgan fingerprint density at radius 3 is 2.61 bits per heavy atom. The second-order valence-electron chi connectivity index (χ2n) is 9.01. The van der Waals surface area contributed by atoms with Crippen LogP contribution in [0.2, 0.25) is 0 Å². The number of carbonyl (C=O) groups is 2. The van der Waals surface area contributed by atoms with Gasteiger partial charge in [-0.25, -0.2) is 4.79 Å². The van der Waals surface area contributed by atoms with Gasteiger partial charge in [-0.3, -0.25) is 9.78 Å². The third-order valence-corrected chi connectivity index (χ3v) is 4.75. The van der Waals surface area contributed by atoms with Crippen LogP contribution >= 0.6 is 0 Å². The summed E-state index contributed by atoms with van der Waals surface area (Å²) >= 11 is 0. The highest BCUT2D eigenvalue weighted by molar-refractivity contribution is 6.01. The van der Waals surface area contributed by atoms with Gasteiger partial charge in [0.2, 0.25) is 0 Å². The lowest BCUT2D eigenvalue weighted by Crippen LogP contribution is -2.46. The molecule has 1 atom stereocenters. The molecule has 0 aliphatic carbocycles. The Morgan fingerprint density at radius 2 is 1.97 bits per heavy atom. The topological polar surface area (TPSA) is 104 Å². The van der Waals surface area contributed by atoms with Crippen molar-refractivity contribution >= 4 is 22.9 Å². The van der Waals surface area contributed by atoms with Crippen molar-refractivity contribution in [2.24, 2.45) is 5.73 Å². The number of ether oxygens (including phenoxy) is 3. The van der Waals surface area contributed by atoms with Gasteiger partial charge in [0.15, 0.2) is 0 Å². The van der Waals surface area contributed by atoms with Crippen molar-refractivity contribution in [3.63, 3.8) is 0 Å². The van der Waals surface area contributed by atoms with Crippen molar-refractivity contribution in [2.75, 3.05) is 13.1 Å². The highest BCUT2D eigenvalue weighted by atomic mass is 16.6. The summed E-state index contributed by atoms with van der Waals surface area (Å²) in [5.74, 6) is 0.434. The third-order valence-electron chi connectivity index (χ3n) is 4.75. The quantitative estimate of drug-likeness (QED) is 0.773. The molecule has 168 valence electrons. The zero-order chi connectivity index (χ0) is 22.8. The standard InChI is InChI=1S/C23H31N3O5/c1-14(2)29-20-12-16-18(11-17(20)21(24)27)25-9-8-19(16)30-15-7-6-10-26(13-15)22(28)31-23(3,4)5/h8-9,11-12,14-15H,6-7,10,13H2,1-5H3,(H2,24,27). The first-order valence-corrected chi connectivity index (χ1v) is 10.6. The molecular weight excluding hydrogens is 398 g/mol. The maximum atomic E-state index is 12.5. The fraction of sp³-hybridized carbons (Fsp3) is 0.522. The molecule has 0 radical (unpaired) electrons. The number of piperidine rings is 1. The normalized spacial score (nSPS) is 17.0. The van der Waals surface area contributed by atoms with E-state index in [4.69, 9.17) is 19.9 Å². The first kappa shape index (κ1) is 22.7. The monoisotopic (exact) mass is 429 g/mol. The van der Waals surface area contributed by atoms with E-state index in [2.05, 4.69) is 4.98 Å². The third kappa shape index (κ3) is 5.77. The molecule has 2 heterocycles. The SMILES string of the molecule is CC(C)Oc1cc2c(OC3CCCN(C(=O)OC(C)(C)C)C3)ccnc2cc1C(N)=O. The number of aromatic nitrogens is 1. The largest absolute Gasteiger partial charge is 0.490 e. The van der Waals surface area contributed by atoms with Crippen LogP contribution in [0, 0.1) is 0 Å². The first-order chi connectivity index (χ1) is 14.5. The van der Waals surface area contributed by atoms with E-state index < -0.39 is 11.5 Å². The smallest absolute Gasteiger partial charge is 0.410 e. The average Bonchev–Trinajstić information content (AvgIpc) is 2.66. The summed E-state index contributed by atoms with van der Waals surface area (Å²) in [5.41, 5.74) is 5.85. The lowest BCUT2D eigenvalue weighted by Gasteiger charge is -2.34. The van der Waals surface area contributed by atoms with Gasteiger partial charge in [-0.2, -0.15) is 0 Å². The van der Waals surface area contributed by atoms with Gasteiger partial charge in [-0.05, 0) is 65.7 Å².